The summed E-state index contributed by atoms with van der Waals surface area (Å²) in [6.45, 7) is 1.39. The first-order valence-corrected chi connectivity index (χ1v) is 5.62. The van der Waals surface area contributed by atoms with Gasteiger partial charge in [-0.15, -0.1) is 0 Å². The molecule has 1 amide bonds. The quantitative estimate of drug-likeness (QED) is 0.885. The number of benzene rings is 1. The van der Waals surface area contributed by atoms with Crippen LogP contribution in [-0.2, 0) is 16.0 Å². The zero-order valence-corrected chi connectivity index (χ0v) is 10.5. The molecule has 0 saturated heterocycles. The van der Waals surface area contributed by atoms with Gasteiger partial charge in [-0.3, -0.25) is 9.59 Å². The molecule has 0 fully saturated rings. The third-order valence-electron chi connectivity index (χ3n) is 2.13. The van der Waals surface area contributed by atoms with Crippen molar-refractivity contribution in [1.82, 2.24) is 5.32 Å². The molecule has 0 aliphatic heterocycles. The van der Waals surface area contributed by atoms with E-state index in [-0.39, 0.29) is 6.42 Å². The first-order chi connectivity index (χ1) is 7.91. The highest BCUT2D eigenvalue weighted by Gasteiger charge is 2.15. The maximum Gasteiger partial charge on any atom is 0.325 e. The van der Waals surface area contributed by atoms with Gasteiger partial charge in [0.25, 0.3) is 0 Å². The first-order valence-electron chi connectivity index (χ1n) is 4.87. The van der Waals surface area contributed by atoms with E-state index in [1.165, 1.54) is 6.92 Å². The summed E-state index contributed by atoms with van der Waals surface area (Å²) in [5.74, 6) is -1.50. The van der Waals surface area contributed by atoms with E-state index < -0.39 is 17.9 Å². The van der Waals surface area contributed by atoms with E-state index in [0.29, 0.717) is 15.6 Å². The van der Waals surface area contributed by atoms with Crippen molar-refractivity contribution in [3.05, 3.63) is 33.8 Å². The van der Waals surface area contributed by atoms with Crippen molar-refractivity contribution >= 4 is 35.1 Å². The molecule has 6 heteroatoms. The number of hydrogen-bond acceptors (Lipinski definition) is 2. The van der Waals surface area contributed by atoms with E-state index in [1.54, 1.807) is 18.2 Å². The number of carboxylic acids is 1. The van der Waals surface area contributed by atoms with Crippen LogP contribution in [0.25, 0.3) is 0 Å². The average Bonchev–Trinajstić information content (AvgIpc) is 2.24. The van der Waals surface area contributed by atoms with Crippen molar-refractivity contribution in [3.63, 3.8) is 0 Å². The van der Waals surface area contributed by atoms with Crippen molar-refractivity contribution < 1.29 is 14.7 Å². The highest BCUT2D eigenvalue weighted by atomic mass is 35.5. The summed E-state index contributed by atoms with van der Waals surface area (Å²) >= 11 is 11.7. The molecule has 1 rings (SSSR count). The Morgan fingerprint density at radius 3 is 2.65 bits per heavy atom. The van der Waals surface area contributed by atoms with E-state index in [2.05, 4.69) is 5.32 Å². The van der Waals surface area contributed by atoms with Crippen LogP contribution in [0.2, 0.25) is 10.0 Å². The predicted octanol–water partition coefficient (Wildman–Crippen LogP) is 2.13. The molecule has 0 aliphatic carbocycles. The van der Waals surface area contributed by atoms with E-state index in [0.717, 1.165) is 0 Å². The molecule has 4 nitrogen and oxygen atoms in total. The highest BCUT2D eigenvalue weighted by molar-refractivity contribution is 6.42. The topological polar surface area (TPSA) is 66.4 Å². The molecule has 0 bridgehead atoms. The molecule has 0 aromatic heterocycles. The summed E-state index contributed by atoms with van der Waals surface area (Å²) in [5, 5.41) is 11.6. The molecule has 0 radical (unpaired) electrons. The van der Waals surface area contributed by atoms with Crippen LogP contribution >= 0.6 is 23.2 Å². The van der Waals surface area contributed by atoms with Crippen molar-refractivity contribution in [2.24, 2.45) is 0 Å². The Balaban J connectivity index is 2.69. The number of halogens is 2. The maximum absolute atomic E-state index is 11.5. The third kappa shape index (κ3) is 3.91. The lowest BCUT2D eigenvalue weighted by molar-refractivity contribution is -0.141. The standard InChI is InChI=1S/C11H11Cl2NO3/c1-6(11(16)17)14-9(15)5-7-3-2-4-8(12)10(7)13/h2-4,6H,5H2,1H3,(H,14,15)(H,16,17)/t6-/m0/s1. The second kappa shape index (κ2) is 5.89. The number of carbonyl (C=O) groups is 2. The zero-order chi connectivity index (χ0) is 13.0. The van der Waals surface area contributed by atoms with E-state index in [4.69, 9.17) is 28.3 Å². The van der Waals surface area contributed by atoms with Crippen LogP contribution in [0.1, 0.15) is 12.5 Å². The fourth-order valence-corrected chi connectivity index (χ4v) is 1.60. The lowest BCUT2D eigenvalue weighted by Crippen LogP contribution is -2.39. The maximum atomic E-state index is 11.5. The van der Waals surface area contributed by atoms with Gasteiger partial charge in [0.15, 0.2) is 0 Å². The molecule has 1 aromatic carbocycles. The molecule has 92 valence electrons. The largest absolute Gasteiger partial charge is 0.480 e. The van der Waals surface area contributed by atoms with Gasteiger partial charge < -0.3 is 10.4 Å². The summed E-state index contributed by atoms with van der Waals surface area (Å²) in [7, 11) is 0. The van der Waals surface area contributed by atoms with Gasteiger partial charge in [-0.2, -0.15) is 0 Å². The zero-order valence-electron chi connectivity index (χ0n) is 9.04. The minimum atomic E-state index is -1.09. The van der Waals surface area contributed by atoms with Gasteiger partial charge in [-0.05, 0) is 18.6 Å². The third-order valence-corrected chi connectivity index (χ3v) is 2.99. The Morgan fingerprint density at radius 1 is 1.41 bits per heavy atom. The van der Waals surface area contributed by atoms with Crippen LogP contribution in [0.5, 0.6) is 0 Å². The molecule has 0 saturated carbocycles. The minimum absolute atomic E-state index is 0.00296. The summed E-state index contributed by atoms with van der Waals surface area (Å²) in [6.07, 6.45) is -0.00296. The molecule has 17 heavy (non-hydrogen) atoms. The van der Waals surface area contributed by atoms with Gasteiger partial charge in [-0.25, -0.2) is 0 Å². The fourth-order valence-electron chi connectivity index (χ4n) is 1.21. The Morgan fingerprint density at radius 2 is 2.06 bits per heavy atom. The van der Waals surface area contributed by atoms with Crippen LogP contribution in [0, 0.1) is 0 Å². The number of nitrogens with one attached hydrogen (secondary N) is 1. The average molecular weight is 276 g/mol. The Kier molecular flexibility index (Phi) is 4.78. The smallest absolute Gasteiger partial charge is 0.325 e. The van der Waals surface area contributed by atoms with Crippen LogP contribution in [0.3, 0.4) is 0 Å². The van der Waals surface area contributed by atoms with Crippen molar-refractivity contribution in [1.29, 1.82) is 0 Å². The number of amides is 1. The fraction of sp³-hybridized carbons (Fsp3) is 0.273. The van der Waals surface area contributed by atoms with E-state index in [9.17, 15) is 9.59 Å². The van der Waals surface area contributed by atoms with Crippen LogP contribution < -0.4 is 5.32 Å². The normalized spacial score (nSPS) is 11.9. The van der Waals surface area contributed by atoms with Crippen molar-refractivity contribution in [2.75, 3.05) is 0 Å². The lowest BCUT2D eigenvalue weighted by atomic mass is 10.1. The van der Waals surface area contributed by atoms with Crippen molar-refractivity contribution in [2.45, 2.75) is 19.4 Å². The molecule has 0 spiro atoms. The minimum Gasteiger partial charge on any atom is -0.480 e. The summed E-state index contributed by atoms with van der Waals surface area (Å²) in [6, 6.07) is 4.03. The number of carboxylic acid groups (broad SMARTS) is 1. The Bertz CT molecular complexity index is 448. The van der Waals surface area contributed by atoms with Gasteiger partial charge in [0.1, 0.15) is 6.04 Å². The molecule has 0 heterocycles. The van der Waals surface area contributed by atoms with Crippen LogP contribution in [0.15, 0.2) is 18.2 Å². The van der Waals surface area contributed by atoms with Gasteiger partial charge in [-0.1, -0.05) is 35.3 Å². The van der Waals surface area contributed by atoms with Gasteiger partial charge in [0.05, 0.1) is 16.5 Å². The first kappa shape index (κ1) is 13.8. The van der Waals surface area contributed by atoms with Gasteiger partial charge >= 0.3 is 5.97 Å². The second-order valence-electron chi connectivity index (χ2n) is 3.52. The highest BCUT2D eigenvalue weighted by Crippen LogP contribution is 2.25. The molecule has 0 unspecified atom stereocenters. The Hall–Kier alpha value is -1.26. The Labute approximate surface area is 109 Å². The molecule has 1 aromatic rings. The molecular weight excluding hydrogens is 265 g/mol. The molecule has 2 N–H and O–H groups in total. The van der Waals surface area contributed by atoms with E-state index >= 15 is 0 Å². The van der Waals surface area contributed by atoms with Crippen molar-refractivity contribution in [3.8, 4) is 0 Å². The van der Waals surface area contributed by atoms with Crippen LogP contribution in [-0.4, -0.2) is 23.0 Å². The monoisotopic (exact) mass is 275 g/mol. The lowest BCUT2D eigenvalue weighted by Gasteiger charge is -2.10. The molecule has 0 aliphatic rings. The van der Waals surface area contributed by atoms with Gasteiger partial charge in [0, 0.05) is 0 Å². The van der Waals surface area contributed by atoms with Gasteiger partial charge in [0.2, 0.25) is 5.91 Å². The molecular formula is C11H11Cl2NO3. The number of rotatable bonds is 4. The van der Waals surface area contributed by atoms with E-state index in [1.807, 2.05) is 0 Å². The molecule has 1 atom stereocenters. The second-order valence-corrected chi connectivity index (χ2v) is 4.30. The predicted molar refractivity (Wildman–Crippen MR) is 65.4 cm³/mol. The number of aliphatic carboxylic acids is 1. The SMILES string of the molecule is C[C@H](NC(=O)Cc1cccc(Cl)c1Cl)C(=O)O. The summed E-state index contributed by atoms with van der Waals surface area (Å²) in [4.78, 5) is 22.1. The summed E-state index contributed by atoms with van der Waals surface area (Å²) < 4.78 is 0. The summed E-state index contributed by atoms with van der Waals surface area (Å²) in [5.41, 5.74) is 0.564. The van der Waals surface area contributed by atoms with Crippen LogP contribution in [0.4, 0.5) is 0 Å². The number of carbonyl (C=O) groups excluding carboxylic acids is 1. The number of hydrogen-bond donors (Lipinski definition) is 2.